The molecule has 5 heteroatoms. The second-order valence-electron chi connectivity index (χ2n) is 5.91. The lowest BCUT2D eigenvalue weighted by Crippen LogP contribution is -2.33. The van der Waals surface area contributed by atoms with E-state index in [1.54, 1.807) is 17.0 Å². The fourth-order valence-corrected chi connectivity index (χ4v) is 3.12. The van der Waals surface area contributed by atoms with E-state index in [-0.39, 0.29) is 17.6 Å². The summed E-state index contributed by atoms with van der Waals surface area (Å²) in [7, 11) is 0. The van der Waals surface area contributed by atoms with E-state index >= 15 is 0 Å². The molecule has 2 atom stereocenters. The summed E-state index contributed by atoms with van der Waals surface area (Å²) in [5, 5.41) is 3.27. The number of nitrogens with one attached hydrogen (secondary N) is 1. The first kappa shape index (κ1) is 12.6. The van der Waals surface area contributed by atoms with Crippen molar-refractivity contribution >= 4 is 5.82 Å². The topological polar surface area (TPSA) is 72.9 Å². The van der Waals surface area contributed by atoms with Crippen LogP contribution in [0.3, 0.4) is 0 Å². The normalized spacial score (nSPS) is 23.9. The molecule has 5 nitrogen and oxygen atoms in total. The van der Waals surface area contributed by atoms with Gasteiger partial charge in [-0.1, -0.05) is 24.3 Å². The maximum Gasteiger partial charge on any atom is 0.293 e. The lowest BCUT2D eigenvalue weighted by atomic mass is 10.1. The van der Waals surface area contributed by atoms with Crippen LogP contribution in [0.2, 0.25) is 0 Å². The smallest absolute Gasteiger partial charge is 0.293 e. The third-order valence-corrected chi connectivity index (χ3v) is 4.37. The van der Waals surface area contributed by atoms with Gasteiger partial charge in [-0.2, -0.15) is 0 Å². The predicted octanol–water partition coefficient (Wildman–Crippen LogP) is 1.61. The van der Waals surface area contributed by atoms with Gasteiger partial charge in [0.05, 0.1) is 6.04 Å². The number of nitrogens with two attached hydrogens (primary N) is 1. The fourth-order valence-electron chi connectivity index (χ4n) is 3.12. The summed E-state index contributed by atoms with van der Waals surface area (Å²) in [6.07, 6.45) is 6.45. The summed E-state index contributed by atoms with van der Waals surface area (Å²) in [4.78, 5) is 16.7. The minimum Gasteiger partial charge on any atom is -0.357 e. The molecule has 0 radical (unpaired) electrons. The van der Waals surface area contributed by atoms with E-state index in [9.17, 15) is 4.79 Å². The van der Waals surface area contributed by atoms with Gasteiger partial charge in [0, 0.05) is 24.5 Å². The minimum absolute atomic E-state index is 0.0295. The molecular weight excluding hydrogens is 264 g/mol. The van der Waals surface area contributed by atoms with Gasteiger partial charge < -0.3 is 15.6 Å². The molecule has 0 bridgehead atoms. The number of fused-ring (bicyclic) bond motifs is 1. The highest BCUT2D eigenvalue weighted by Gasteiger charge is 2.31. The Hall–Kier alpha value is -2.14. The van der Waals surface area contributed by atoms with E-state index in [1.807, 2.05) is 12.1 Å². The Morgan fingerprint density at radius 3 is 2.90 bits per heavy atom. The zero-order chi connectivity index (χ0) is 14.4. The van der Waals surface area contributed by atoms with Crippen LogP contribution >= 0.6 is 0 Å². The summed E-state index contributed by atoms with van der Waals surface area (Å²) in [6, 6.07) is 8.47. The number of hydrogen-bond donors (Lipinski definition) is 2. The van der Waals surface area contributed by atoms with Gasteiger partial charge in [-0.3, -0.25) is 4.79 Å². The summed E-state index contributed by atoms with van der Waals surface area (Å²) in [5.41, 5.74) is 8.62. The highest BCUT2D eigenvalue weighted by atomic mass is 16.1. The molecule has 2 unspecified atom stereocenters. The highest BCUT2D eigenvalue weighted by molar-refractivity contribution is 5.44. The standard InChI is InChI=1S/C16H18N4O/c17-13-9-10-3-1-2-4-12(10)14(13)19-15-16(21)20(8-7-18-15)11-5-6-11/h1-4,7-8,11,13-14H,5-6,9,17H2,(H,18,19). The van der Waals surface area contributed by atoms with Crippen LogP contribution in [-0.4, -0.2) is 15.6 Å². The second kappa shape index (κ2) is 4.70. The quantitative estimate of drug-likeness (QED) is 0.897. The molecule has 21 heavy (non-hydrogen) atoms. The molecule has 0 spiro atoms. The van der Waals surface area contributed by atoms with E-state index in [4.69, 9.17) is 5.73 Å². The molecule has 2 aliphatic rings. The van der Waals surface area contributed by atoms with Crippen molar-refractivity contribution in [2.75, 3.05) is 5.32 Å². The fraction of sp³-hybridized carbons (Fsp3) is 0.375. The molecule has 1 aromatic carbocycles. The van der Waals surface area contributed by atoms with Crippen LogP contribution in [0, 0.1) is 0 Å². The van der Waals surface area contributed by atoms with Gasteiger partial charge >= 0.3 is 0 Å². The molecular formula is C16H18N4O. The average molecular weight is 282 g/mol. The van der Waals surface area contributed by atoms with Crippen LogP contribution in [0.5, 0.6) is 0 Å². The number of hydrogen-bond acceptors (Lipinski definition) is 4. The van der Waals surface area contributed by atoms with Gasteiger partial charge in [0.2, 0.25) is 0 Å². The van der Waals surface area contributed by atoms with Crippen LogP contribution in [0.15, 0.2) is 41.5 Å². The molecule has 0 saturated heterocycles. The van der Waals surface area contributed by atoms with Crippen molar-refractivity contribution < 1.29 is 0 Å². The third kappa shape index (κ3) is 2.14. The van der Waals surface area contributed by atoms with E-state index < -0.39 is 0 Å². The molecule has 1 heterocycles. The number of rotatable bonds is 3. The summed E-state index contributed by atoms with van der Waals surface area (Å²) < 4.78 is 1.78. The van der Waals surface area contributed by atoms with Crippen LogP contribution in [-0.2, 0) is 6.42 Å². The van der Waals surface area contributed by atoms with Crippen molar-refractivity contribution in [3.05, 3.63) is 58.1 Å². The van der Waals surface area contributed by atoms with Crippen molar-refractivity contribution in [3.63, 3.8) is 0 Å². The van der Waals surface area contributed by atoms with Crippen molar-refractivity contribution in [1.29, 1.82) is 0 Å². The molecule has 1 aromatic heterocycles. The SMILES string of the molecule is NC1Cc2ccccc2C1Nc1nccn(C2CC2)c1=O. The lowest BCUT2D eigenvalue weighted by molar-refractivity contribution is 0.618. The van der Waals surface area contributed by atoms with Crippen molar-refractivity contribution in [1.82, 2.24) is 9.55 Å². The maximum absolute atomic E-state index is 12.5. The van der Waals surface area contributed by atoms with E-state index in [0.717, 1.165) is 19.3 Å². The molecule has 4 rings (SSSR count). The molecule has 108 valence electrons. The van der Waals surface area contributed by atoms with Gasteiger partial charge in [-0.05, 0) is 30.4 Å². The highest BCUT2D eigenvalue weighted by Crippen LogP contribution is 2.34. The summed E-state index contributed by atoms with van der Waals surface area (Å²) >= 11 is 0. The van der Waals surface area contributed by atoms with Crippen molar-refractivity contribution in [3.8, 4) is 0 Å². The van der Waals surface area contributed by atoms with E-state index in [2.05, 4.69) is 22.4 Å². The van der Waals surface area contributed by atoms with Crippen LogP contribution in [0.4, 0.5) is 5.82 Å². The first-order valence-electron chi connectivity index (χ1n) is 7.41. The van der Waals surface area contributed by atoms with Crippen LogP contribution in [0.25, 0.3) is 0 Å². The number of aromatic nitrogens is 2. The molecule has 3 N–H and O–H groups in total. The lowest BCUT2D eigenvalue weighted by Gasteiger charge is -2.19. The van der Waals surface area contributed by atoms with E-state index in [1.165, 1.54) is 11.1 Å². The van der Waals surface area contributed by atoms with Crippen LogP contribution < -0.4 is 16.6 Å². The zero-order valence-electron chi connectivity index (χ0n) is 11.7. The number of anilines is 1. The van der Waals surface area contributed by atoms with Gasteiger partial charge in [0.15, 0.2) is 5.82 Å². The van der Waals surface area contributed by atoms with Gasteiger partial charge in [-0.15, -0.1) is 0 Å². The molecule has 2 aromatic rings. The summed E-state index contributed by atoms with van der Waals surface area (Å²) in [5.74, 6) is 0.404. The Morgan fingerprint density at radius 1 is 1.29 bits per heavy atom. The Bertz CT molecular complexity index is 735. The minimum atomic E-state index is -0.0450. The Balaban J connectivity index is 1.67. The first-order valence-corrected chi connectivity index (χ1v) is 7.41. The molecule has 1 saturated carbocycles. The Morgan fingerprint density at radius 2 is 2.10 bits per heavy atom. The Labute approximate surface area is 122 Å². The summed E-state index contributed by atoms with van der Waals surface area (Å²) in [6.45, 7) is 0. The largest absolute Gasteiger partial charge is 0.357 e. The van der Waals surface area contributed by atoms with Crippen molar-refractivity contribution in [2.45, 2.75) is 37.4 Å². The zero-order valence-corrected chi connectivity index (χ0v) is 11.7. The van der Waals surface area contributed by atoms with Gasteiger partial charge in [0.25, 0.3) is 5.56 Å². The number of benzene rings is 1. The molecule has 1 fully saturated rings. The third-order valence-electron chi connectivity index (χ3n) is 4.37. The molecule has 0 amide bonds. The number of nitrogens with zero attached hydrogens (tertiary/aromatic N) is 2. The van der Waals surface area contributed by atoms with E-state index in [0.29, 0.717) is 11.9 Å². The average Bonchev–Trinajstić information content (AvgIpc) is 3.27. The Kier molecular flexibility index (Phi) is 2.82. The second-order valence-corrected chi connectivity index (χ2v) is 5.91. The molecule has 2 aliphatic carbocycles. The van der Waals surface area contributed by atoms with Crippen LogP contribution in [0.1, 0.15) is 36.1 Å². The van der Waals surface area contributed by atoms with Gasteiger partial charge in [0.1, 0.15) is 0 Å². The van der Waals surface area contributed by atoms with Gasteiger partial charge in [-0.25, -0.2) is 4.98 Å². The maximum atomic E-state index is 12.5. The first-order chi connectivity index (χ1) is 10.2. The monoisotopic (exact) mass is 282 g/mol. The van der Waals surface area contributed by atoms with Crippen molar-refractivity contribution in [2.24, 2.45) is 5.73 Å². The molecule has 0 aliphatic heterocycles. The predicted molar refractivity (Wildman–Crippen MR) is 81.3 cm³/mol.